The van der Waals surface area contributed by atoms with Crippen molar-refractivity contribution in [1.82, 2.24) is 10.2 Å². The molecule has 2 N–H and O–H groups in total. The lowest BCUT2D eigenvalue weighted by atomic mass is 10.0. The molecule has 0 aromatic heterocycles. The van der Waals surface area contributed by atoms with Crippen LogP contribution >= 0.6 is 0 Å². The van der Waals surface area contributed by atoms with Gasteiger partial charge in [0, 0.05) is 23.4 Å². The molecule has 4 amide bonds. The zero-order valence-electron chi connectivity index (χ0n) is 23.9. The fourth-order valence-corrected chi connectivity index (χ4v) is 4.54. The Balaban J connectivity index is 1.54. The topological polar surface area (TPSA) is 140 Å². The second-order valence-corrected chi connectivity index (χ2v) is 9.58. The average molecular weight is 585 g/mol. The Labute approximate surface area is 248 Å². The summed E-state index contributed by atoms with van der Waals surface area (Å²) in [7, 11) is 0. The van der Waals surface area contributed by atoms with Crippen LogP contribution in [0, 0.1) is 10.1 Å². The van der Waals surface area contributed by atoms with E-state index in [0.717, 1.165) is 21.6 Å². The zero-order chi connectivity index (χ0) is 30.9. The number of hydrogen-bond donors (Lipinski definition) is 2. The molecule has 0 spiro atoms. The maximum atomic E-state index is 13.1. The van der Waals surface area contributed by atoms with Crippen LogP contribution in [0.15, 0.2) is 79.0 Å². The number of carbonyl (C=O) groups is 3. The van der Waals surface area contributed by atoms with E-state index >= 15 is 0 Å². The lowest BCUT2D eigenvalue weighted by molar-refractivity contribution is -0.384. The number of urea groups is 1. The van der Waals surface area contributed by atoms with E-state index in [4.69, 9.17) is 9.47 Å². The number of aryl methyl sites for hydroxylation is 1. The molecule has 4 rings (SSSR count). The highest BCUT2D eigenvalue weighted by molar-refractivity contribution is 6.16. The van der Waals surface area contributed by atoms with Crippen LogP contribution in [0.25, 0.3) is 6.08 Å². The summed E-state index contributed by atoms with van der Waals surface area (Å²) < 4.78 is 11.9. The molecular weight excluding hydrogens is 552 g/mol. The van der Waals surface area contributed by atoms with Crippen LogP contribution in [-0.2, 0) is 29.0 Å². The summed E-state index contributed by atoms with van der Waals surface area (Å²) in [5.74, 6) is -0.245. The Morgan fingerprint density at radius 1 is 1.07 bits per heavy atom. The molecule has 1 aliphatic heterocycles. The van der Waals surface area contributed by atoms with Gasteiger partial charge in [-0.1, -0.05) is 31.2 Å². The van der Waals surface area contributed by atoms with Crippen molar-refractivity contribution in [2.24, 2.45) is 0 Å². The number of nitro groups is 1. The Hall–Kier alpha value is -5.45. The summed E-state index contributed by atoms with van der Waals surface area (Å²) in [4.78, 5) is 49.8. The molecule has 3 aromatic rings. The van der Waals surface area contributed by atoms with Gasteiger partial charge in [0.1, 0.15) is 18.8 Å². The van der Waals surface area contributed by atoms with Crippen LogP contribution in [0.4, 0.5) is 16.2 Å². The average Bonchev–Trinajstić information content (AvgIpc) is 3.24. The number of amides is 4. The Bertz CT molecular complexity index is 1580. The number of hydrogen-bond acceptors (Lipinski definition) is 7. The van der Waals surface area contributed by atoms with Gasteiger partial charge >= 0.3 is 6.03 Å². The van der Waals surface area contributed by atoms with Gasteiger partial charge < -0.3 is 20.1 Å². The second kappa shape index (κ2) is 13.9. The number of allylic oxidation sites excluding steroid dienone is 1. The molecule has 1 saturated heterocycles. The predicted octanol–water partition coefficient (Wildman–Crippen LogP) is 5.39. The van der Waals surface area contributed by atoms with Crippen LogP contribution in [-0.4, -0.2) is 40.8 Å². The van der Waals surface area contributed by atoms with Crippen molar-refractivity contribution in [2.75, 3.05) is 18.5 Å². The lowest BCUT2D eigenvalue weighted by Crippen LogP contribution is -2.38. The van der Waals surface area contributed by atoms with Gasteiger partial charge in [0.25, 0.3) is 11.6 Å². The third-order valence-electron chi connectivity index (χ3n) is 6.60. The molecule has 0 aliphatic carbocycles. The third kappa shape index (κ3) is 7.45. The summed E-state index contributed by atoms with van der Waals surface area (Å²) >= 11 is 0. The fourth-order valence-electron chi connectivity index (χ4n) is 4.54. The lowest BCUT2D eigenvalue weighted by Gasteiger charge is -2.17. The highest BCUT2D eigenvalue weighted by atomic mass is 16.6. The summed E-state index contributed by atoms with van der Waals surface area (Å²) in [5, 5.41) is 16.3. The number of nitro benzene ring substituents is 1. The van der Waals surface area contributed by atoms with Gasteiger partial charge in [-0.15, -0.1) is 6.58 Å². The second-order valence-electron chi connectivity index (χ2n) is 9.58. The Morgan fingerprint density at radius 2 is 1.81 bits per heavy atom. The maximum absolute atomic E-state index is 13.1. The van der Waals surface area contributed by atoms with Crippen molar-refractivity contribution in [2.45, 2.75) is 33.3 Å². The van der Waals surface area contributed by atoms with Crippen LogP contribution in [0.3, 0.4) is 0 Å². The van der Waals surface area contributed by atoms with E-state index in [1.54, 1.807) is 42.5 Å². The number of non-ortho nitro benzene ring substituents is 1. The molecule has 3 aromatic carbocycles. The first-order valence-electron chi connectivity index (χ1n) is 13.7. The highest BCUT2D eigenvalue weighted by Gasteiger charge is 2.35. The number of nitrogens with zero attached hydrogens (tertiary/aromatic N) is 2. The number of carbonyl (C=O) groups excluding carboxylic acids is 3. The summed E-state index contributed by atoms with van der Waals surface area (Å²) in [6.45, 7) is 7.63. The van der Waals surface area contributed by atoms with E-state index in [9.17, 15) is 24.5 Å². The van der Waals surface area contributed by atoms with Gasteiger partial charge in [-0.2, -0.15) is 0 Å². The quantitative estimate of drug-likeness (QED) is 0.0902. The molecule has 0 radical (unpaired) electrons. The molecule has 1 heterocycles. The van der Waals surface area contributed by atoms with Crippen molar-refractivity contribution >= 4 is 35.3 Å². The van der Waals surface area contributed by atoms with Gasteiger partial charge in [-0.25, -0.2) is 9.69 Å². The first-order valence-corrected chi connectivity index (χ1v) is 13.7. The Kier molecular flexibility index (Phi) is 9.89. The van der Waals surface area contributed by atoms with Crippen LogP contribution < -0.4 is 20.1 Å². The number of para-hydroxylation sites is 1. The van der Waals surface area contributed by atoms with Crippen molar-refractivity contribution < 1.29 is 28.8 Å². The molecule has 0 saturated carbocycles. The smallest absolute Gasteiger partial charge is 0.329 e. The first kappa shape index (κ1) is 30.5. The van der Waals surface area contributed by atoms with Gasteiger partial charge in [-0.05, 0) is 72.9 Å². The van der Waals surface area contributed by atoms with E-state index in [2.05, 4.69) is 17.2 Å². The molecular formula is C32H32N4O7. The van der Waals surface area contributed by atoms with Crippen molar-refractivity contribution in [1.29, 1.82) is 0 Å². The van der Waals surface area contributed by atoms with Crippen molar-refractivity contribution in [3.8, 4) is 11.5 Å². The van der Waals surface area contributed by atoms with Crippen LogP contribution in [0.2, 0.25) is 0 Å². The molecule has 43 heavy (non-hydrogen) atoms. The molecule has 222 valence electrons. The first-order chi connectivity index (χ1) is 20.7. The van der Waals surface area contributed by atoms with Crippen molar-refractivity contribution in [3.63, 3.8) is 0 Å². The van der Waals surface area contributed by atoms with Crippen molar-refractivity contribution in [3.05, 3.63) is 111 Å². The number of imide groups is 1. The van der Waals surface area contributed by atoms with E-state index in [1.165, 1.54) is 18.2 Å². The third-order valence-corrected chi connectivity index (χ3v) is 6.60. The monoisotopic (exact) mass is 584 g/mol. The number of ether oxygens (including phenoxy) is 2. The maximum Gasteiger partial charge on any atom is 0.329 e. The molecule has 11 nitrogen and oxygen atoms in total. The summed E-state index contributed by atoms with van der Waals surface area (Å²) in [6.07, 6.45) is 4.34. The minimum Gasteiger partial charge on any atom is -0.490 e. The minimum absolute atomic E-state index is 0.0123. The van der Waals surface area contributed by atoms with Crippen LogP contribution in [0.1, 0.15) is 36.1 Å². The number of benzene rings is 3. The Morgan fingerprint density at radius 3 is 2.49 bits per heavy atom. The minimum atomic E-state index is -0.699. The number of rotatable bonds is 13. The van der Waals surface area contributed by atoms with E-state index in [-0.39, 0.29) is 18.0 Å². The number of nitrogens with one attached hydrogen (secondary N) is 2. The van der Waals surface area contributed by atoms with Crippen LogP contribution in [0.5, 0.6) is 11.5 Å². The standard InChI is InChI=1S/C32H32N4O7/c1-4-9-24-16-22(18-28(42-6-3)30(24)43-20-21-12-14-25(15-13-21)36(40)41)17-27-31(38)35(32(39)34-27)19-29(37)33-26-11-8-7-10-23(26)5-2/h4,7-8,10-18H,1,5-6,9,19-20H2,2-3H3,(H,33,37)(H,34,39)/b27-17+. The van der Waals surface area contributed by atoms with E-state index in [0.29, 0.717) is 42.2 Å². The summed E-state index contributed by atoms with van der Waals surface area (Å²) in [5.41, 5.74) is 3.58. The number of anilines is 1. The van der Waals surface area contributed by atoms with Gasteiger partial charge in [0.2, 0.25) is 5.91 Å². The molecule has 11 heteroatoms. The van der Waals surface area contributed by atoms with Gasteiger partial charge in [0.05, 0.1) is 11.5 Å². The summed E-state index contributed by atoms with van der Waals surface area (Å²) in [6, 6.07) is 16.2. The van der Waals surface area contributed by atoms with E-state index in [1.807, 2.05) is 26.0 Å². The fraction of sp³-hybridized carbons (Fsp3) is 0.219. The molecule has 0 atom stereocenters. The highest BCUT2D eigenvalue weighted by Crippen LogP contribution is 2.35. The van der Waals surface area contributed by atoms with Gasteiger partial charge in [-0.3, -0.25) is 19.7 Å². The SMILES string of the molecule is C=CCc1cc(/C=C2/NC(=O)N(CC(=O)Nc3ccccc3CC)C2=O)cc(OCC)c1OCc1ccc([N+](=O)[O-])cc1. The van der Waals surface area contributed by atoms with Gasteiger partial charge in [0.15, 0.2) is 11.5 Å². The normalized spacial score (nSPS) is 13.5. The molecule has 0 unspecified atom stereocenters. The molecule has 1 fully saturated rings. The zero-order valence-corrected chi connectivity index (χ0v) is 23.9. The molecule has 0 bridgehead atoms. The predicted molar refractivity (Wildman–Crippen MR) is 162 cm³/mol. The molecule has 1 aliphatic rings. The van der Waals surface area contributed by atoms with E-state index < -0.39 is 29.3 Å². The largest absolute Gasteiger partial charge is 0.490 e.